The van der Waals surface area contributed by atoms with Crippen molar-refractivity contribution >= 4 is 29.5 Å². The van der Waals surface area contributed by atoms with Gasteiger partial charge >= 0.3 is 6.09 Å². The number of nitrogens with zero attached hydrogens (tertiary/aromatic N) is 5. The molecule has 2 fully saturated rings. The number of hydrogen-bond acceptors (Lipinski definition) is 6. The lowest BCUT2D eigenvalue weighted by Gasteiger charge is -2.23. The van der Waals surface area contributed by atoms with Gasteiger partial charge in [-0.1, -0.05) is 25.4 Å². The molecule has 0 saturated carbocycles. The second-order valence-electron chi connectivity index (χ2n) is 7.66. The summed E-state index contributed by atoms with van der Waals surface area (Å²) >= 11 is 6.23. The summed E-state index contributed by atoms with van der Waals surface area (Å²) < 4.78 is 5.31. The van der Waals surface area contributed by atoms with Crippen molar-refractivity contribution in [3.8, 4) is 0 Å². The van der Waals surface area contributed by atoms with E-state index in [4.69, 9.17) is 16.3 Å². The number of amides is 2. The second-order valence-corrected chi connectivity index (χ2v) is 8.07. The Morgan fingerprint density at radius 3 is 2.46 bits per heavy atom. The van der Waals surface area contributed by atoms with E-state index < -0.39 is 0 Å². The maximum atomic E-state index is 13.0. The molecule has 1 aromatic heterocycles. The molecule has 154 valence electrons. The van der Waals surface area contributed by atoms with E-state index in [1.165, 1.54) is 6.20 Å². The van der Waals surface area contributed by atoms with Crippen molar-refractivity contribution in [1.29, 1.82) is 0 Å². The lowest BCUT2D eigenvalue weighted by atomic mass is 10.2. The lowest BCUT2D eigenvalue weighted by molar-refractivity contribution is 0.0741. The highest BCUT2D eigenvalue weighted by Gasteiger charge is 2.27. The van der Waals surface area contributed by atoms with Gasteiger partial charge in [-0.25, -0.2) is 14.8 Å². The van der Waals surface area contributed by atoms with E-state index in [9.17, 15) is 9.59 Å². The normalized spacial score (nSPS) is 17.8. The van der Waals surface area contributed by atoms with Gasteiger partial charge in [0, 0.05) is 39.3 Å². The van der Waals surface area contributed by atoms with Gasteiger partial charge in [0.15, 0.2) is 5.69 Å². The Labute approximate surface area is 170 Å². The van der Waals surface area contributed by atoms with Crippen molar-refractivity contribution in [3.05, 3.63) is 16.9 Å². The van der Waals surface area contributed by atoms with E-state index in [2.05, 4.69) is 14.9 Å². The molecule has 28 heavy (non-hydrogen) atoms. The quantitative estimate of drug-likeness (QED) is 0.760. The molecule has 0 aliphatic carbocycles. The molecule has 2 aliphatic heterocycles. The summed E-state index contributed by atoms with van der Waals surface area (Å²) in [5.74, 6) is 0.628. The highest BCUT2D eigenvalue weighted by atomic mass is 35.5. The van der Waals surface area contributed by atoms with Crippen molar-refractivity contribution in [3.63, 3.8) is 0 Å². The summed E-state index contributed by atoms with van der Waals surface area (Å²) in [4.78, 5) is 39.4. The first-order valence-corrected chi connectivity index (χ1v) is 10.3. The standard InChI is InChI=1S/C19H28ClN5O3/c1-14(2)13-28-19(27)25-9-5-8-23(10-11-25)17(26)16-15(20)12-21-18(22-16)24-6-3-4-7-24/h12,14H,3-11,13H2,1-2H3. The number of carbonyl (C=O) groups is 2. The summed E-state index contributed by atoms with van der Waals surface area (Å²) in [5, 5.41) is 0.255. The Hall–Kier alpha value is -2.09. The maximum Gasteiger partial charge on any atom is 0.409 e. The SMILES string of the molecule is CC(C)COC(=O)N1CCCN(C(=O)c2nc(N3CCCC3)ncc2Cl)CC1. The topological polar surface area (TPSA) is 78.9 Å². The van der Waals surface area contributed by atoms with Crippen molar-refractivity contribution in [2.24, 2.45) is 5.92 Å². The molecule has 2 aliphatic rings. The number of rotatable bonds is 4. The van der Waals surface area contributed by atoms with Gasteiger partial charge in [0.2, 0.25) is 5.95 Å². The molecule has 0 unspecified atom stereocenters. The van der Waals surface area contributed by atoms with Gasteiger partial charge in [0.1, 0.15) is 0 Å². The third-order valence-corrected chi connectivity index (χ3v) is 5.18. The van der Waals surface area contributed by atoms with Gasteiger partial charge in [-0.3, -0.25) is 4.79 Å². The minimum absolute atomic E-state index is 0.217. The highest BCUT2D eigenvalue weighted by molar-refractivity contribution is 6.33. The number of anilines is 1. The molecule has 3 rings (SSSR count). The fraction of sp³-hybridized carbons (Fsp3) is 0.684. The van der Waals surface area contributed by atoms with Crippen LogP contribution in [0.3, 0.4) is 0 Å². The molecule has 0 atom stereocenters. The molecule has 3 heterocycles. The van der Waals surface area contributed by atoms with E-state index >= 15 is 0 Å². The van der Waals surface area contributed by atoms with E-state index in [0.717, 1.165) is 25.9 Å². The predicted octanol–water partition coefficient (Wildman–Crippen LogP) is 2.67. The number of ether oxygens (including phenoxy) is 1. The summed E-state index contributed by atoms with van der Waals surface area (Å²) in [7, 11) is 0. The third-order valence-electron chi connectivity index (χ3n) is 4.90. The van der Waals surface area contributed by atoms with Crippen LogP contribution in [0.5, 0.6) is 0 Å². The fourth-order valence-corrected chi connectivity index (χ4v) is 3.53. The highest BCUT2D eigenvalue weighted by Crippen LogP contribution is 2.21. The van der Waals surface area contributed by atoms with Crippen LogP contribution >= 0.6 is 11.6 Å². The third kappa shape index (κ3) is 5.04. The van der Waals surface area contributed by atoms with Crippen molar-refractivity contribution in [2.45, 2.75) is 33.1 Å². The molecular weight excluding hydrogens is 382 g/mol. The second kappa shape index (κ2) is 9.41. The summed E-state index contributed by atoms with van der Waals surface area (Å²) in [6.45, 7) is 8.16. The van der Waals surface area contributed by atoms with E-state index in [0.29, 0.717) is 51.1 Å². The molecule has 0 bridgehead atoms. The minimum Gasteiger partial charge on any atom is -0.449 e. The van der Waals surface area contributed by atoms with E-state index in [1.54, 1.807) is 9.80 Å². The molecule has 0 N–H and O–H groups in total. The van der Waals surface area contributed by atoms with Crippen molar-refractivity contribution < 1.29 is 14.3 Å². The monoisotopic (exact) mass is 409 g/mol. The maximum absolute atomic E-state index is 13.0. The van der Waals surface area contributed by atoms with Crippen LogP contribution in [0.4, 0.5) is 10.7 Å². The van der Waals surface area contributed by atoms with Crippen LogP contribution in [0.15, 0.2) is 6.20 Å². The first-order valence-electron chi connectivity index (χ1n) is 9.94. The van der Waals surface area contributed by atoms with Crippen LogP contribution in [-0.2, 0) is 4.74 Å². The molecule has 0 aromatic carbocycles. The smallest absolute Gasteiger partial charge is 0.409 e. The number of aromatic nitrogens is 2. The van der Waals surface area contributed by atoms with Gasteiger partial charge in [-0.05, 0) is 25.2 Å². The van der Waals surface area contributed by atoms with Crippen molar-refractivity contribution in [1.82, 2.24) is 19.8 Å². The number of halogens is 1. The zero-order valence-electron chi connectivity index (χ0n) is 16.6. The predicted molar refractivity (Wildman–Crippen MR) is 107 cm³/mol. The molecular formula is C19H28ClN5O3. The van der Waals surface area contributed by atoms with Gasteiger partial charge in [-0.15, -0.1) is 0 Å². The summed E-state index contributed by atoms with van der Waals surface area (Å²) in [6.07, 6.45) is 4.07. The molecule has 8 nitrogen and oxygen atoms in total. The van der Waals surface area contributed by atoms with E-state index in [-0.39, 0.29) is 22.7 Å². The zero-order chi connectivity index (χ0) is 20.1. The Kier molecular flexibility index (Phi) is 6.93. The molecule has 2 saturated heterocycles. The number of carbonyl (C=O) groups excluding carboxylic acids is 2. The van der Waals surface area contributed by atoms with Crippen LogP contribution in [0.25, 0.3) is 0 Å². The molecule has 0 radical (unpaired) electrons. The fourth-order valence-electron chi connectivity index (χ4n) is 3.36. The minimum atomic E-state index is -0.320. The van der Waals surface area contributed by atoms with Crippen LogP contribution in [-0.4, -0.2) is 77.6 Å². The van der Waals surface area contributed by atoms with E-state index in [1.807, 2.05) is 13.8 Å². The van der Waals surface area contributed by atoms with Gasteiger partial charge < -0.3 is 19.4 Å². The van der Waals surface area contributed by atoms with Gasteiger partial charge in [0.25, 0.3) is 5.91 Å². The Balaban J connectivity index is 1.64. The summed E-state index contributed by atoms with van der Waals surface area (Å²) in [6, 6.07) is 0. The average molecular weight is 410 g/mol. The Bertz CT molecular complexity index is 709. The molecule has 0 spiro atoms. The first-order chi connectivity index (χ1) is 13.5. The van der Waals surface area contributed by atoms with Crippen LogP contribution in [0.1, 0.15) is 43.6 Å². The average Bonchev–Trinajstić information content (AvgIpc) is 3.10. The molecule has 9 heteroatoms. The summed E-state index contributed by atoms with van der Waals surface area (Å²) in [5.41, 5.74) is 0.231. The Morgan fingerprint density at radius 1 is 1.07 bits per heavy atom. The van der Waals surface area contributed by atoms with Gasteiger partial charge in [-0.2, -0.15) is 0 Å². The zero-order valence-corrected chi connectivity index (χ0v) is 17.3. The van der Waals surface area contributed by atoms with Crippen LogP contribution < -0.4 is 4.90 Å². The first kappa shape index (κ1) is 20.6. The number of hydrogen-bond donors (Lipinski definition) is 0. The van der Waals surface area contributed by atoms with Crippen LogP contribution in [0, 0.1) is 5.92 Å². The van der Waals surface area contributed by atoms with Crippen LogP contribution in [0.2, 0.25) is 5.02 Å². The largest absolute Gasteiger partial charge is 0.449 e. The van der Waals surface area contributed by atoms with Gasteiger partial charge in [0.05, 0.1) is 17.8 Å². The molecule has 2 amide bonds. The van der Waals surface area contributed by atoms with Crippen molar-refractivity contribution in [2.75, 3.05) is 50.8 Å². The Morgan fingerprint density at radius 2 is 1.75 bits per heavy atom. The molecule has 1 aromatic rings. The lowest BCUT2D eigenvalue weighted by Crippen LogP contribution is -2.38.